The van der Waals surface area contributed by atoms with E-state index in [0.29, 0.717) is 5.82 Å². The van der Waals surface area contributed by atoms with Gasteiger partial charge in [-0.3, -0.25) is 9.97 Å². The molecule has 0 amide bonds. The molecular weight excluding hydrogens is 286 g/mol. The van der Waals surface area contributed by atoms with Crippen LogP contribution in [0.1, 0.15) is 13.8 Å². The quantitative estimate of drug-likeness (QED) is 0.722. The highest BCUT2D eigenvalue weighted by Crippen LogP contribution is 2.25. The first kappa shape index (κ1) is 15.1. The van der Waals surface area contributed by atoms with Crippen LogP contribution in [-0.2, 0) is 0 Å². The van der Waals surface area contributed by atoms with Crippen molar-refractivity contribution in [2.45, 2.75) is 13.8 Å². The molecule has 0 saturated heterocycles. The zero-order chi connectivity index (χ0) is 16.1. The van der Waals surface area contributed by atoms with Crippen molar-refractivity contribution in [1.82, 2.24) is 19.9 Å². The van der Waals surface area contributed by atoms with Gasteiger partial charge in [-0.15, -0.1) is 0 Å². The monoisotopic (exact) mass is 305 g/mol. The Hall–Kier alpha value is -2.82. The summed E-state index contributed by atoms with van der Waals surface area (Å²) in [7, 11) is 0. The van der Waals surface area contributed by atoms with E-state index in [0.717, 1.165) is 35.7 Å². The molecule has 116 valence electrons. The Labute approximate surface area is 136 Å². The molecule has 3 aromatic heterocycles. The van der Waals surface area contributed by atoms with Crippen molar-refractivity contribution in [1.29, 1.82) is 0 Å². The van der Waals surface area contributed by atoms with Crippen molar-refractivity contribution in [3.8, 4) is 22.6 Å². The van der Waals surface area contributed by atoms with Gasteiger partial charge in [0, 0.05) is 55.1 Å². The van der Waals surface area contributed by atoms with Crippen molar-refractivity contribution >= 4 is 5.82 Å². The molecule has 3 aromatic rings. The number of hydrogen-bond acceptors (Lipinski definition) is 5. The van der Waals surface area contributed by atoms with Crippen LogP contribution in [0.4, 0.5) is 5.82 Å². The van der Waals surface area contributed by atoms with E-state index in [1.54, 1.807) is 24.8 Å². The minimum atomic E-state index is 0.712. The predicted octanol–water partition coefficient (Wildman–Crippen LogP) is 3.45. The van der Waals surface area contributed by atoms with E-state index in [-0.39, 0.29) is 0 Å². The summed E-state index contributed by atoms with van der Waals surface area (Å²) in [5, 5.41) is 0. The fraction of sp³-hybridized carbons (Fsp3) is 0.222. The average molecular weight is 305 g/mol. The summed E-state index contributed by atoms with van der Waals surface area (Å²) in [6, 6.07) is 9.82. The zero-order valence-corrected chi connectivity index (χ0v) is 13.3. The van der Waals surface area contributed by atoms with Gasteiger partial charge < -0.3 is 4.90 Å². The third-order valence-corrected chi connectivity index (χ3v) is 3.71. The summed E-state index contributed by atoms with van der Waals surface area (Å²) in [6.07, 6.45) is 7.07. The van der Waals surface area contributed by atoms with Gasteiger partial charge in [-0.25, -0.2) is 9.97 Å². The average Bonchev–Trinajstić information content (AvgIpc) is 2.64. The van der Waals surface area contributed by atoms with Crippen molar-refractivity contribution in [3.63, 3.8) is 0 Å². The maximum absolute atomic E-state index is 4.74. The van der Waals surface area contributed by atoms with Gasteiger partial charge in [0.2, 0.25) is 0 Å². The SMILES string of the molecule is CCN(CC)c1cc(-c2ccncc2)nc(-c2ccncc2)n1. The number of hydrogen-bond donors (Lipinski definition) is 0. The molecule has 0 atom stereocenters. The number of rotatable bonds is 5. The lowest BCUT2D eigenvalue weighted by Crippen LogP contribution is -2.23. The van der Waals surface area contributed by atoms with Crippen molar-refractivity contribution < 1.29 is 0 Å². The van der Waals surface area contributed by atoms with Gasteiger partial charge in [-0.1, -0.05) is 0 Å². The Balaban J connectivity index is 2.15. The number of nitrogens with zero attached hydrogens (tertiary/aromatic N) is 5. The van der Waals surface area contributed by atoms with Crippen LogP contribution in [0.25, 0.3) is 22.6 Å². The molecule has 3 heterocycles. The van der Waals surface area contributed by atoms with Gasteiger partial charge in [-0.05, 0) is 38.1 Å². The summed E-state index contributed by atoms with van der Waals surface area (Å²) < 4.78 is 0. The minimum absolute atomic E-state index is 0.712. The first-order valence-corrected chi connectivity index (χ1v) is 7.76. The van der Waals surface area contributed by atoms with Gasteiger partial charge in [0.05, 0.1) is 5.69 Å². The topological polar surface area (TPSA) is 54.8 Å². The first-order valence-electron chi connectivity index (χ1n) is 7.76. The smallest absolute Gasteiger partial charge is 0.162 e. The second kappa shape index (κ2) is 6.96. The molecule has 23 heavy (non-hydrogen) atoms. The molecule has 5 nitrogen and oxygen atoms in total. The van der Waals surface area contributed by atoms with Gasteiger partial charge in [-0.2, -0.15) is 0 Å². The first-order chi connectivity index (χ1) is 11.3. The molecule has 3 rings (SSSR count). The van der Waals surface area contributed by atoms with Crippen LogP contribution in [0, 0.1) is 0 Å². The second-order valence-corrected chi connectivity index (χ2v) is 5.08. The van der Waals surface area contributed by atoms with Gasteiger partial charge in [0.15, 0.2) is 5.82 Å². The largest absolute Gasteiger partial charge is 0.357 e. The van der Waals surface area contributed by atoms with Crippen LogP contribution < -0.4 is 4.90 Å². The highest BCUT2D eigenvalue weighted by molar-refractivity contribution is 5.67. The molecule has 0 fully saturated rings. The zero-order valence-electron chi connectivity index (χ0n) is 13.3. The molecule has 0 spiro atoms. The van der Waals surface area contributed by atoms with Gasteiger partial charge in [0.1, 0.15) is 5.82 Å². The van der Waals surface area contributed by atoms with Crippen LogP contribution in [0.5, 0.6) is 0 Å². The maximum Gasteiger partial charge on any atom is 0.162 e. The predicted molar refractivity (Wildman–Crippen MR) is 92.1 cm³/mol. The van der Waals surface area contributed by atoms with Gasteiger partial charge in [0.25, 0.3) is 0 Å². The van der Waals surface area contributed by atoms with Crippen molar-refractivity contribution in [2.75, 3.05) is 18.0 Å². The summed E-state index contributed by atoms with van der Waals surface area (Å²) >= 11 is 0. The Morgan fingerprint density at radius 2 is 1.35 bits per heavy atom. The molecule has 0 saturated carbocycles. The molecule has 0 N–H and O–H groups in total. The Morgan fingerprint density at radius 1 is 0.783 bits per heavy atom. The summed E-state index contributed by atoms with van der Waals surface area (Å²) in [5.74, 6) is 1.65. The summed E-state index contributed by atoms with van der Waals surface area (Å²) in [4.78, 5) is 19.8. The number of aromatic nitrogens is 4. The minimum Gasteiger partial charge on any atom is -0.357 e. The molecule has 0 aromatic carbocycles. The third-order valence-electron chi connectivity index (χ3n) is 3.71. The number of pyridine rings is 2. The second-order valence-electron chi connectivity index (χ2n) is 5.08. The van der Waals surface area contributed by atoms with Crippen LogP contribution in [0.2, 0.25) is 0 Å². The molecule has 0 aliphatic heterocycles. The van der Waals surface area contributed by atoms with E-state index >= 15 is 0 Å². The maximum atomic E-state index is 4.74. The lowest BCUT2D eigenvalue weighted by Gasteiger charge is -2.21. The number of anilines is 1. The van der Waals surface area contributed by atoms with Crippen LogP contribution >= 0.6 is 0 Å². The highest BCUT2D eigenvalue weighted by atomic mass is 15.2. The van der Waals surface area contributed by atoms with E-state index in [2.05, 4.69) is 28.7 Å². The summed E-state index contributed by atoms with van der Waals surface area (Å²) in [5.41, 5.74) is 2.89. The van der Waals surface area contributed by atoms with E-state index < -0.39 is 0 Å². The lowest BCUT2D eigenvalue weighted by molar-refractivity contribution is 0.843. The highest BCUT2D eigenvalue weighted by Gasteiger charge is 2.12. The van der Waals surface area contributed by atoms with Gasteiger partial charge >= 0.3 is 0 Å². The fourth-order valence-corrected chi connectivity index (χ4v) is 2.44. The fourth-order valence-electron chi connectivity index (χ4n) is 2.44. The molecule has 5 heteroatoms. The molecule has 0 aliphatic carbocycles. The van der Waals surface area contributed by atoms with Crippen LogP contribution in [0.3, 0.4) is 0 Å². The Morgan fingerprint density at radius 3 is 1.91 bits per heavy atom. The standard InChI is InChI=1S/C18H19N5/c1-3-23(4-2)17-13-16(14-5-9-19-10-6-14)21-18(22-17)15-7-11-20-12-8-15/h5-13H,3-4H2,1-2H3. The molecule has 0 radical (unpaired) electrons. The van der Waals surface area contributed by atoms with Crippen LogP contribution in [0.15, 0.2) is 55.1 Å². The normalized spacial score (nSPS) is 10.5. The van der Waals surface area contributed by atoms with E-state index in [1.165, 1.54) is 0 Å². The van der Waals surface area contributed by atoms with Crippen LogP contribution in [-0.4, -0.2) is 33.0 Å². The molecule has 0 unspecified atom stereocenters. The summed E-state index contributed by atoms with van der Waals surface area (Å²) in [6.45, 7) is 6.06. The van der Waals surface area contributed by atoms with E-state index in [1.807, 2.05) is 30.3 Å². The Bertz CT molecular complexity index is 697. The third kappa shape index (κ3) is 3.34. The van der Waals surface area contributed by atoms with Crippen molar-refractivity contribution in [3.05, 3.63) is 55.1 Å². The Kier molecular flexibility index (Phi) is 4.57. The van der Waals surface area contributed by atoms with E-state index in [4.69, 9.17) is 9.97 Å². The van der Waals surface area contributed by atoms with E-state index in [9.17, 15) is 0 Å². The van der Waals surface area contributed by atoms with Crippen molar-refractivity contribution in [2.24, 2.45) is 0 Å². The molecule has 0 aliphatic rings. The molecule has 0 bridgehead atoms. The molecular formula is C18H19N5. The lowest BCUT2D eigenvalue weighted by atomic mass is 10.1.